The molecular weight excluding hydrogens is 478 g/mol. The van der Waals surface area contributed by atoms with Crippen molar-refractivity contribution in [1.29, 1.82) is 0 Å². The Balaban J connectivity index is 1.90. The molecular formula is C31H36N3O2S+. The van der Waals surface area contributed by atoms with Gasteiger partial charge >= 0.3 is 0 Å². The molecule has 37 heavy (non-hydrogen) atoms. The Hall–Kier alpha value is -3.51. The average Bonchev–Trinajstić information content (AvgIpc) is 2.90. The number of amides is 1. The maximum atomic E-state index is 13.7. The molecule has 192 valence electrons. The second kappa shape index (κ2) is 11.3. The summed E-state index contributed by atoms with van der Waals surface area (Å²) in [4.78, 5) is 30.5. The van der Waals surface area contributed by atoms with Gasteiger partial charge in [-0.3, -0.25) is 9.59 Å². The van der Waals surface area contributed by atoms with Crippen molar-refractivity contribution in [2.24, 2.45) is 0 Å². The summed E-state index contributed by atoms with van der Waals surface area (Å²) in [6.45, 7) is 2.43. The molecule has 6 heteroatoms. The molecule has 2 aromatic carbocycles. The van der Waals surface area contributed by atoms with Crippen molar-refractivity contribution < 1.29 is 9.59 Å². The van der Waals surface area contributed by atoms with Crippen LogP contribution in [-0.2, 0) is 4.79 Å². The van der Waals surface area contributed by atoms with Gasteiger partial charge < -0.3 is 9.80 Å². The topological polar surface area (TPSA) is 43.6 Å². The lowest BCUT2D eigenvalue weighted by molar-refractivity contribution is -0.118. The first-order chi connectivity index (χ1) is 17.7. The zero-order valence-electron chi connectivity index (χ0n) is 22.7. The van der Waals surface area contributed by atoms with Crippen LogP contribution in [0, 0.1) is 0 Å². The van der Waals surface area contributed by atoms with Crippen molar-refractivity contribution >= 4 is 38.8 Å². The van der Waals surface area contributed by atoms with Gasteiger partial charge in [0.1, 0.15) is 19.9 Å². The van der Waals surface area contributed by atoms with E-state index < -0.39 is 0 Å². The number of nitrogens with zero attached hydrogens (tertiary/aromatic N) is 3. The number of hydrogen-bond donors (Lipinski definition) is 0. The van der Waals surface area contributed by atoms with E-state index in [1.54, 1.807) is 16.2 Å². The van der Waals surface area contributed by atoms with Gasteiger partial charge in [-0.15, -0.1) is 11.3 Å². The van der Waals surface area contributed by atoms with E-state index in [0.29, 0.717) is 31.4 Å². The Morgan fingerprint density at radius 3 is 2.38 bits per heavy atom. The molecule has 1 aliphatic heterocycles. The zero-order chi connectivity index (χ0) is 26.7. The van der Waals surface area contributed by atoms with Gasteiger partial charge in [-0.1, -0.05) is 31.2 Å². The van der Waals surface area contributed by atoms with Gasteiger partial charge in [0, 0.05) is 84.4 Å². The molecule has 0 spiro atoms. The van der Waals surface area contributed by atoms with Crippen molar-refractivity contribution in [2.45, 2.75) is 26.2 Å². The molecule has 0 bridgehead atoms. The van der Waals surface area contributed by atoms with Gasteiger partial charge in [-0.2, -0.15) is 0 Å². The highest BCUT2D eigenvalue weighted by molar-refractivity contribution is 7.21. The minimum Gasteiger partial charge on any atom is -0.378 e. The number of carbonyl (C=O) groups is 2. The number of Topliss-reactive ketones (excluding diaryl/α,β-unsaturated/α-hetero) is 1. The zero-order valence-corrected chi connectivity index (χ0v) is 23.5. The molecule has 0 saturated heterocycles. The van der Waals surface area contributed by atoms with E-state index in [1.807, 2.05) is 32.2 Å². The third kappa shape index (κ3) is 5.59. The van der Waals surface area contributed by atoms with Crippen molar-refractivity contribution in [1.82, 2.24) is 9.48 Å². The van der Waals surface area contributed by atoms with Crippen LogP contribution in [0.1, 0.15) is 36.5 Å². The maximum Gasteiger partial charge on any atom is 0.254 e. The number of carbonyl (C=O) groups excluding carboxylic acids is 2. The lowest BCUT2D eigenvalue weighted by Crippen LogP contribution is -2.28. The van der Waals surface area contributed by atoms with Crippen LogP contribution >= 0.6 is 11.3 Å². The smallest absolute Gasteiger partial charge is 0.254 e. The van der Waals surface area contributed by atoms with Gasteiger partial charge in [0.05, 0.1) is 0 Å². The fourth-order valence-electron chi connectivity index (χ4n) is 4.60. The standard InChI is InChI=1S/C31H36N3O2S/c1-7-23(35)11-10-18-34(6)31(36)25-13-9-8-12-24(25)30-26-16-14-21(32(2)3)19-28(26)37-29-20-22(33(4)5)15-17-27(29)30/h8-9,12-17,19-20H,7,10-11,18H2,1-6H3/q+1. The quantitative estimate of drug-likeness (QED) is 0.227. The molecule has 2 aromatic rings. The number of benzene rings is 3. The number of hydrogen-bond acceptors (Lipinski definition) is 4. The Morgan fingerprint density at radius 1 is 0.919 bits per heavy atom. The van der Waals surface area contributed by atoms with Crippen LogP contribution in [0.15, 0.2) is 60.7 Å². The van der Waals surface area contributed by atoms with E-state index >= 15 is 0 Å². The first-order valence-electron chi connectivity index (χ1n) is 12.8. The fourth-order valence-corrected chi connectivity index (χ4v) is 5.76. The molecule has 4 rings (SSSR count). The molecule has 0 radical (unpaired) electrons. The molecule has 5 nitrogen and oxygen atoms in total. The maximum absolute atomic E-state index is 13.7. The summed E-state index contributed by atoms with van der Waals surface area (Å²) in [6, 6.07) is 21.0. The normalized spacial score (nSPS) is 11.1. The van der Waals surface area contributed by atoms with Crippen LogP contribution in [0.3, 0.4) is 0 Å². The minimum atomic E-state index is -0.0248. The molecule has 0 N–H and O–H groups in total. The van der Waals surface area contributed by atoms with E-state index in [9.17, 15) is 9.59 Å². The predicted octanol–water partition coefficient (Wildman–Crippen LogP) is 5.60. The number of fused-ring (bicyclic) bond motifs is 2. The summed E-state index contributed by atoms with van der Waals surface area (Å²) in [6.07, 6.45) is 1.73. The van der Waals surface area contributed by atoms with E-state index in [2.05, 4.69) is 80.1 Å². The minimum absolute atomic E-state index is 0.0248. The van der Waals surface area contributed by atoms with Crippen LogP contribution in [0.5, 0.6) is 0 Å². The van der Waals surface area contributed by atoms with Crippen LogP contribution in [0.2, 0.25) is 0 Å². The third-order valence-corrected chi connectivity index (χ3v) is 7.95. The fraction of sp³-hybridized carbons (Fsp3) is 0.323. The van der Waals surface area contributed by atoms with E-state index in [1.165, 1.54) is 9.58 Å². The SMILES string of the molecule is CCC(=O)CCCN(C)C(=O)c1ccccc1-c1c2ccc(=[N+](C)C)cc-2sc2cc(N(C)C)ccc12. The molecule has 1 aliphatic carbocycles. The van der Waals surface area contributed by atoms with Gasteiger partial charge in [0.2, 0.25) is 5.36 Å². The summed E-state index contributed by atoms with van der Waals surface area (Å²) >= 11 is 1.78. The van der Waals surface area contributed by atoms with Crippen LogP contribution < -0.4 is 14.8 Å². The van der Waals surface area contributed by atoms with Gasteiger partial charge in [0.25, 0.3) is 5.91 Å². The largest absolute Gasteiger partial charge is 0.378 e. The highest BCUT2D eigenvalue weighted by atomic mass is 32.1. The Morgan fingerprint density at radius 2 is 1.68 bits per heavy atom. The van der Waals surface area contributed by atoms with Crippen LogP contribution in [0.25, 0.3) is 31.7 Å². The van der Waals surface area contributed by atoms with Crippen molar-refractivity contribution in [3.05, 3.63) is 71.6 Å². The summed E-state index contributed by atoms with van der Waals surface area (Å²) in [5.41, 5.74) is 4.97. The number of rotatable bonds is 8. The second-order valence-corrected chi connectivity index (χ2v) is 11.0. The lowest BCUT2D eigenvalue weighted by atomic mass is 9.91. The Kier molecular flexibility index (Phi) is 8.08. The molecule has 0 unspecified atom stereocenters. The number of ketones is 1. The van der Waals surface area contributed by atoms with Crippen LogP contribution in [-0.4, -0.2) is 58.4 Å². The van der Waals surface area contributed by atoms with E-state index in [0.717, 1.165) is 33.1 Å². The summed E-state index contributed by atoms with van der Waals surface area (Å²) in [5.74, 6) is 0.210. The molecule has 2 aliphatic rings. The molecule has 0 fully saturated rings. The van der Waals surface area contributed by atoms with E-state index in [-0.39, 0.29) is 11.7 Å². The van der Waals surface area contributed by atoms with E-state index in [4.69, 9.17) is 0 Å². The molecule has 1 heterocycles. The van der Waals surface area contributed by atoms with Gasteiger partial charge in [-0.05, 0) is 41.8 Å². The molecule has 1 amide bonds. The molecule has 0 atom stereocenters. The van der Waals surface area contributed by atoms with Crippen LogP contribution in [0.4, 0.5) is 5.69 Å². The summed E-state index contributed by atoms with van der Waals surface area (Å²) in [5, 5.41) is 2.28. The summed E-state index contributed by atoms with van der Waals surface area (Å²) in [7, 11) is 10.0. The lowest BCUT2D eigenvalue weighted by Gasteiger charge is -2.22. The van der Waals surface area contributed by atoms with Gasteiger partial charge in [-0.25, -0.2) is 4.58 Å². The highest BCUT2D eigenvalue weighted by Gasteiger charge is 2.22. The highest BCUT2D eigenvalue weighted by Crippen LogP contribution is 2.44. The van der Waals surface area contributed by atoms with Crippen molar-refractivity contribution in [2.75, 3.05) is 46.7 Å². The summed E-state index contributed by atoms with van der Waals surface area (Å²) < 4.78 is 3.29. The Labute approximate surface area is 223 Å². The first kappa shape index (κ1) is 26.6. The van der Waals surface area contributed by atoms with Crippen molar-refractivity contribution in [3.8, 4) is 21.6 Å². The number of anilines is 1. The monoisotopic (exact) mass is 514 g/mol. The third-order valence-electron chi connectivity index (χ3n) is 6.84. The van der Waals surface area contributed by atoms with Crippen molar-refractivity contribution in [3.63, 3.8) is 0 Å². The molecule has 0 aromatic heterocycles. The first-order valence-corrected chi connectivity index (χ1v) is 13.6. The molecule has 0 saturated carbocycles. The second-order valence-electron chi connectivity index (χ2n) is 9.89. The Bertz CT molecular complexity index is 1500. The average molecular weight is 515 g/mol. The van der Waals surface area contributed by atoms with Gasteiger partial charge in [0.15, 0.2) is 0 Å². The predicted molar refractivity (Wildman–Crippen MR) is 157 cm³/mol.